The average molecular weight is 429 g/mol. The van der Waals surface area contributed by atoms with Crippen molar-refractivity contribution in [2.75, 3.05) is 0 Å². The molecule has 0 aliphatic carbocycles. The highest BCUT2D eigenvalue weighted by Crippen LogP contribution is 2.35. The van der Waals surface area contributed by atoms with E-state index in [1.165, 1.54) is 10.8 Å². The van der Waals surface area contributed by atoms with Crippen molar-refractivity contribution in [2.45, 2.75) is 0 Å². The van der Waals surface area contributed by atoms with Crippen molar-refractivity contribution < 1.29 is 0 Å². The molecule has 6 aromatic rings. The normalized spacial score (nSPS) is 10.5. The molecule has 0 saturated carbocycles. The second-order valence-electron chi connectivity index (χ2n) is 8.27. The quantitative estimate of drug-likeness (QED) is 0.170. The van der Waals surface area contributed by atoms with Gasteiger partial charge in [0.25, 0.3) is 0 Å². The van der Waals surface area contributed by atoms with Crippen LogP contribution in [0.4, 0.5) is 0 Å². The first-order valence-electron chi connectivity index (χ1n) is 11.4. The predicted octanol–water partition coefficient (Wildman–Crippen LogP) is 7.95. The van der Waals surface area contributed by atoms with Gasteiger partial charge in [-0.15, -0.1) is 0 Å². The van der Waals surface area contributed by atoms with Crippen LogP contribution in [0, 0.1) is 23.7 Å². The minimum Gasteiger partial charge on any atom is -0.0622 e. The van der Waals surface area contributed by atoms with Crippen LogP contribution in [0.2, 0.25) is 0 Å². The molecule has 6 rings (SSSR count). The summed E-state index contributed by atoms with van der Waals surface area (Å²) in [5.74, 6) is 13.8. The highest BCUT2D eigenvalue weighted by Gasteiger charge is 2.13. The Morgan fingerprint density at radius 3 is 1.15 bits per heavy atom. The molecule has 0 bridgehead atoms. The minimum absolute atomic E-state index is 1.01. The molecule has 6 aromatic carbocycles. The maximum atomic E-state index is 3.51. The molecule has 0 spiro atoms. The van der Waals surface area contributed by atoms with Crippen LogP contribution in [-0.4, -0.2) is 0 Å². The average Bonchev–Trinajstić information content (AvgIpc) is 2.91. The molecule has 0 fully saturated rings. The fraction of sp³-hybridized carbons (Fsp3) is 0. The summed E-state index contributed by atoms with van der Waals surface area (Å²) in [6.07, 6.45) is 0. The molecular weight excluding hydrogens is 408 g/mol. The van der Waals surface area contributed by atoms with Crippen LogP contribution in [0.1, 0.15) is 22.3 Å². The fourth-order valence-electron chi connectivity index (χ4n) is 4.44. The standard InChI is InChI=1S/C34H20/c1-3-11-25(12-4-1)19-21-31-29-17-9-10-18-30(29)32(22-20-26-13-5-2-6-14-26)34-24-28-16-8-7-15-27(28)23-33(31)34/h1-18,23-24H. The summed E-state index contributed by atoms with van der Waals surface area (Å²) in [5.41, 5.74) is 4.11. The molecular formula is C34H20. The maximum Gasteiger partial charge on any atom is 0.0407 e. The van der Waals surface area contributed by atoms with Crippen LogP contribution in [0.3, 0.4) is 0 Å². The largest absolute Gasteiger partial charge is 0.0622 e. The zero-order valence-corrected chi connectivity index (χ0v) is 18.5. The van der Waals surface area contributed by atoms with E-state index in [0.717, 1.165) is 43.8 Å². The summed E-state index contributed by atoms with van der Waals surface area (Å²) in [4.78, 5) is 0. The van der Waals surface area contributed by atoms with Crippen molar-refractivity contribution in [3.8, 4) is 23.7 Å². The summed E-state index contributed by atoms with van der Waals surface area (Å²) in [6, 6.07) is 41.8. The van der Waals surface area contributed by atoms with Gasteiger partial charge >= 0.3 is 0 Å². The summed E-state index contributed by atoms with van der Waals surface area (Å²) in [5, 5.41) is 6.94. The smallest absolute Gasteiger partial charge is 0.0407 e. The van der Waals surface area contributed by atoms with Crippen LogP contribution in [0.5, 0.6) is 0 Å². The van der Waals surface area contributed by atoms with E-state index in [1.807, 2.05) is 60.7 Å². The molecule has 0 unspecified atom stereocenters. The van der Waals surface area contributed by atoms with Crippen LogP contribution in [-0.2, 0) is 0 Å². The molecule has 34 heavy (non-hydrogen) atoms. The van der Waals surface area contributed by atoms with Gasteiger partial charge in [0.15, 0.2) is 0 Å². The van der Waals surface area contributed by atoms with Crippen molar-refractivity contribution in [1.82, 2.24) is 0 Å². The molecule has 0 atom stereocenters. The Morgan fingerprint density at radius 1 is 0.324 bits per heavy atom. The van der Waals surface area contributed by atoms with E-state index in [2.05, 4.69) is 84.3 Å². The zero-order valence-electron chi connectivity index (χ0n) is 18.5. The molecule has 0 aliphatic rings. The Morgan fingerprint density at radius 2 is 0.706 bits per heavy atom. The summed E-state index contributed by atoms with van der Waals surface area (Å²) in [6.45, 7) is 0. The van der Waals surface area contributed by atoms with E-state index < -0.39 is 0 Å². The minimum atomic E-state index is 1.01. The van der Waals surface area contributed by atoms with Gasteiger partial charge in [0.1, 0.15) is 0 Å². The van der Waals surface area contributed by atoms with Gasteiger partial charge in [-0.1, -0.05) is 109 Å². The monoisotopic (exact) mass is 428 g/mol. The van der Waals surface area contributed by atoms with Gasteiger partial charge < -0.3 is 0 Å². The van der Waals surface area contributed by atoms with Gasteiger partial charge in [-0.05, 0) is 68.7 Å². The van der Waals surface area contributed by atoms with Gasteiger partial charge in [0.2, 0.25) is 0 Å². The van der Waals surface area contributed by atoms with Crippen LogP contribution in [0.25, 0.3) is 32.3 Å². The molecule has 0 N–H and O–H groups in total. The van der Waals surface area contributed by atoms with Crippen molar-refractivity contribution in [3.63, 3.8) is 0 Å². The Bertz CT molecular complexity index is 1650. The molecule has 0 radical (unpaired) electrons. The maximum absolute atomic E-state index is 3.51. The van der Waals surface area contributed by atoms with E-state index >= 15 is 0 Å². The Labute approximate surface area is 199 Å². The van der Waals surface area contributed by atoms with Gasteiger partial charge in [0.05, 0.1) is 0 Å². The highest BCUT2D eigenvalue weighted by atomic mass is 14.1. The molecule has 0 aliphatic heterocycles. The molecule has 0 heterocycles. The first-order valence-corrected chi connectivity index (χ1v) is 11.4. The topological polar surface area (TPSA) is 0 Å². The third-order valence-electron chi connectivity index (χ3n) is 6.10. The molecule has 0 heteroatoms. The van der Waals surface area contributed by atoms with Gasteiger partial charge in [-0.2, -0.15) is 0 Å². The van der Waals surface area contributed by atoms with Crippen molar-refractivity contribution in [1.29, 1.82) is 0 Å². The summed E-state index contributed by atoms with van der Waals surface area (Å²) >= 11 is 0. The molecule has 0 aromatic heterocycles. The first kappa shape index (κ1) is 19.9. The Hall–Kier alpha value is -4.78. The zero-order chi connectivity index (χ0) is 22.7. The van der Waals surface area contributed by atoms with E-state index in [9.17, 15) is 0 Å². The van der Waals surface area contributed by atoms with Gasteiger partial charge in [-0.3, -0.25) is 0 Å². The molecule has 0 saturated heterocycles. The highest BCUT2D eigenvalue weighted by molar-refractivity contribution is 6.13. The Kier molecular flexibility index (Phi) is 5.04. The van der Waals surface area contributed by atoms with Crippen LogP contribution >= 0.6 is 0 Å². The van der Waals surface area contributed by atoms with Crippen LogP contribution in [0.15, 0.2) is 121 Å². The summed E-state index contributed by atoms with van der Waals surface area (Å²) in [7, 11) is 0. The second kappa shape index (κ2) is 8.63. The van der Waals surface area contributed by atoms with Gasteiger partial charge in [-0.25, -0.2) is 0 Å². The van der Waals surface area contributed by atoms with E-state index in [4.69, 9.17) is 0 Å². The van der Waals surface area contributed by atoms with Crippen molar-refractivity contribution in [2.24, 2.45) is 0 Å². The van der Waals surface area contributed by atoms with Crippen molar-refractivity contribution in [3.05, 3.63) is 144 Å². The number of benzene rings is 6. The Balaban J connectivity index is 1.72. The molecule has 0 nitrogen and oxygen atoms in total. The first-order chi connectivity index (χ1) is 16.9. The molecule has 156 valence electrons. The molecule has 0 amide bonds. The third-order valence-corrected chi connectivity index (χ3v) is 6.10. The predicted molar refractivity (Wildman–Crippen MR) is 144 cm³/mol. The van der Waals surface area contributed by atoms with Crippen LogP contribution < -0.4 is 0 Å². The van der Waals surface area contributed by atoms with E-state index in [0.29, 0.717) is 0 Å². The summed E-state index contributed by atoms with van der Waals surface area (Å²) < 4.78 is 0. The van der Waals surface area contributed by atoms with Gasteiger partial charge in [0, 0.05) is 22.3 Å². The lowest BCUT2D eigenvalue weighted by atomic mass is 9.90. The lowest BCUT2D eigenvalue weighted by Gasteiger charge is -2.12. The number of rotatable bonds is 0. The SMILES string of the molecule is C(#Cc1c2ccccc2c(C#Cc2ccccc2)c2cc3ccccc3cc12)c1ccccc1. The number of hydrogen-bond donors (Lipinski definition) is 0. The third kappa shape index (κ3) is 3.69. The van der Waals surface area contributed by atoms with E-state index in [-0.39, 0.29) is 0 Å². The van der Waals surface area contributed by atoms with E-state index in [1.54, 1.807) is 0 Å². The lowest BCUT2D eigenvalue weighted by molar-refractivity contribution is 1.64. The lowest BCUT2D eigenvalue weighted by Crippen LogP contribution is -1.91. The number of hydrogen-bond acceptors (Lipinski definition) is 0. The second-order valence-corrected chi connectivity index (χ2v) is 8.27. The number of fused-ring (bicyclic) bond motifs is 3. The fourth-order valence-corrected chi connectivity index (χ4v) is 4.44. The van der Waals surface area contributed by atoms with Crippen molar-refractivity contribution >= 4 is 32.3 Å².